The van der Waals surface area contributed by atoms with Crippen LogP contribution in [0.5, 0.6) is 0 Å². The monoisotopic (exact) mass is 258 g/mol. The molecule has 1 atom stereocenters. The van der Waals surface area contributed by atoms with E-state index in [9.17, 15) is 4.79 Å². The molecule has 94 valence electrons. The van der Waals surface area contributed by atoms with Crippen molar-refractivity contribution >= 4 is 17.7 Å². The molecule has 0 bridgehead atoms. The lowest BCUT2D eigenvalue weighted by molar-refractivity contribution is -0.141. The maximum atomic E-state index is 11.2. The van der Waals surface area contributed by atoms with Crippen molar-refractivity contribution in [3.8, 4) is 0 Å². The van der Waals surface area contributed by atoms with Gasteiger partial charge in [-0.15, -0.1) is 5.10 Å². The number of ether oxygens (including phenoxy) is 2. The van der Waals surface area contributed by atoms with Crippen molar-refractivity contribution in [2.45, 2.75) is 29.8 Å². The van der Waals surface area contributed by atoms with E-state index in [1.54, 1.807) is 11.8 Å². The second-order valence-corrected chi connectivity index (χ2v) is 4.92. The van der Waals surface area contributed by atoms with E-state index in [1.165, 1.54) is 11.8 Å². The molecule has 1 aromatic rings. The van der Waals surface area contributed by atoms with Crippen molar-refractivity contribution in [3.63, 3.8) is 0 Å². The molecular weight excluding hydrogens is 244 g/mol. The fourth-order valence-corrected chi connectivity index (χ4v) is 2.57. The number of hydrogen-bond acceptors (Lipinski definition) is 7. The van der Waals surface area contributed by atoms with Gasteiger partial charge in [-0.3, -0.25) is 4.79 Å². The number of carbonyl (C=O) groups excluding carboxylic acids is 1. The molecule has 8 heteroatoms. The lowest BCUT2D eigenvalue weighted by atomic mass is 10.2. The van der Waals surface area contributed by atoms with E-state index in [-0.39, 0.29) is 12.5 Å². The SMILES string of the molecule is COC(=O)Cn1nnnc1SC1CCCOC1. The van der Waals surface area contributed by atoms with Gasteiger partial charge in [0.25, 0.3) is 0 Å². The highest BCUT2D eigenvalue weighted by atomic mass is 32.2. The third kappa shape index (κ3) is 3.40. The number of hydrogen-bond donors (Lipinski definition) is 0. The fourth-order valence-electron chi connectivity index (χ4n) is 1.52. The highest BCUT2D eigenvalue weighted by Gasteiger charge is 2.19. The first kappa shape index (κ1) is 12.3. The van der Waals surface area contributed by atoms with E-state index < -0.39 is 0 Å². The van der Waals surface area contributed by atoms with Crippen LogP contribution >= 0.6 is 11.8 Å². The van der Waals surface area contributed by atoms with Crippen LogP contribution in [-0.2, 0) is 20.8 Å². The Balaban J connectivity index is 1.95. The van der Waals surface area contributed by atoms with E-state index in [4.69, 9.17) is 4.74 Å². The minimum atomic E-state index is -0.362. The molecule has 0 spiro atoms. The summed E-state index contributed by atoms with van der Waals surface area (Å²) in [4.78, 5) is 11.2. The molecule has 7 nitrogen and oxygen atoms in total. The van der Waals surface area contributed by atoms with Crippen LogP contribution in [0.4, 0.5) is 0 Å². The van der Waals surface area contributed by atoms with Crippen molar-refractivity contribution < 1.29 is 14.3 Å². The van der Waals surface area contributed by atoms with Gasteiger partial charge in [0.05, 0.1) is 13.7 Å². The number of thioether (sulfide) groups is 1. The third-order valence-corrected chi connectivity index (χ3v) is 3.60. The van der Waals surface area contributed by atoms with Crippen LogP contribution < -0.4 is 0 Å². The Labute approximate surface area is 103 Å². The van der Waals surface area contributed by atoms with Crippen molar-refractivity contribution in [1.29, 1.82) is 0 Å². The molecule has 0 saturated carbocycles. The maximum Gasteiger partial charge on any atom is 0.327 e. The maximum absolute atomic E-state index is 11.2. The van der Waals surface area contributed by atoms with Crippen LogP contribution in [0, 0.1) is 0 Å². The Hall–Kier alpha value is -1.15. The van der Waals surface area contributed by atoms with E-state index in [0.717, 1.165) is 19.4 Å². The fraction of sp³-hybridized carbons (Fsp3) is 0.778. The second kappa shape index (κ2) is 5.97. The van der Waals surface area contributed by atoms with Gasteiger partial charge >= 0.3 is 5.97 Å². The standard InChI is InChI=1S/C9H14N4O3S/c1-15-8(14)5-13-9(10-11-12-13)17-7-3-2-4-16-6-7/h7H,2-6H2,1H3. The van der Waals surface area contributed by atoms with Crippen molar-refractivity contribution in [2.75, 3.05) is 20.3 Å². The zero-order chi connectivity index (χ0) is 12.1. The molecule has 1 aliphatic rings. The number of aromatic nitrogens is 4. The van der Waals surface area contributed by atoms with Gasteiger partial charge in [-0.2, -0.15) is 0 Å². The summed E-state index contributed by atoms with van der Waals surface area (Å²) < 4.78 is 11.4. The summed E-state index contributed by atoms with van der Waals surface area (Å²) in [6.07, 6.45) is 2.13. The van der Waals surface area contributed by atoms with Gasteiger partial charge in [-0.05, 0) is 23.3 Å². The molecule has 1 unspecified atom stereocenters. The zero-order valence-electron chi connectivity index (χ0n) is 9.53. The molecule has 0 aromatic carbocycles. The third-order valence-electron chi connectivity index (χ3n) is 2.40. The topological polar surface area (TPSA) is 79.1 Å². The highest BCUT2D eigenvalue weighted by Crippen LogP contribution is 2.26. The Morgan fingerprint density at radius 1 is 1.71 bits per heavy atom. The van der Waals surface area contributed by atoms with Gasteiger partial charge < -0.3 is 9.47 Å². The normalized spacial score (nSPS) is 20.2. The summed E-state index contributed by atoms with van der Waals surface area (Å²) >= 11 is 1.54. The Bertz CT molecular complexity index is 378. The predicted molar refractivity (Wildman–Crippen MR) is 59.5 cm³/mol. The number of methoxy groups -OCH3 is 1. The summed E-state index contributed by atoms with van der Waals surface area (Å²) in [6, 6.07) is 0. The van der Waals surface area contributed by atoms with E-state index in [1.807, 2.05) is 0 Å². The van der Waals surface area contributed by atoms with Gasteiger partial charge in [-0.25, -0.2) is 4.68 Å². The van der Waals surface area contributed by atoms with E-state index in [2.05, 4.69) is 20.3 Å². The molecule has 17 heavy (non-hydrogen) atoms. The first-order valence-electron chi connectivity index (χ1n) is 5.37. The molecule has 2 rings (SSSR count). The lowest BCUT2D eigenvalue weighted by Crippen LogP contribution is -2.21. The summed E-state index contributed by atoms with van der Waals surface area (Å²) in [7, 11) is 1.34. The molecule has 0 radical (unpaired) electrons. The molecule has 2 heterocycles. The largest absolute Gasteiger partial charge is 0.468 e. The number of tetrazole rings is 1. The van der Waals surface area contributed by atoms with Gasteiger partial charge in [0.15, 0.2) is 0 Å². The first-order valence-corrected chi connectivity index (χ1v) is 6.25. The second-order valence-electron chi connectivity index (χ2n) is 3.65. The summed E-state index contributed by atoms with van der Waals surface area (Å²) in [5.41, 5.74) is 0. The van der Waals surface area contributed by atoms with Crippen molar-refractivity contribution in [2.24, 2.45) is 0 Å². The zero-order valence-corrected chi connectivity index (χ0v) is 10.4. The average molecular weight is 258 g/mol. The van der Waals surface area contributed by atoms with Crippen LogP contribution in [0.2, 0.25) is 0 Å². The Morgan fingerprint density at radius 3 is 3.29 bits per heavy atom. The number of carbonyl (C=O) groups is 1. The molecule has 1 fully saturated rings. The molecule has 0 N–H and O–H groups in total. The first-order chi connectivity index (χ1) is 8.29. The lowest BCUT2D eigenvalue weighted by Gasteiger charge is -2.20. The number of rotatable bonds is 4. The Kier molecular flexibility index (Phi) is 4.32. The quantitative estimate of drug-likeness (QED) is 0.709. The van der Waals surface area contributed by atoms with Crippen LogP contribution in [0.1, 0.15) is 12.8 Å². The predicted octanol–water partition coefficient (Wildman–Crippen LogP) is 0.117. The summed E-state index contributed by atoms with van der Waals surface area (Å²) in [6.45, 7) is 1.57. The van der Waals surface area contributed by atoms with Crippen LogP contribution in [0.3, 0.4) is 0 Å². The van der Waals surface area contributed by atoms with Gasteiger partial charge in [-0.1, -0.05) is 11.8 Å². The van der Waals surface area contributed by atoms with Crippen molar-refractivity contribution in [1.82, 2.24) is 20.2 Å². The number of nitrogens with zero attached hydrogens (tertiary/aromatic N) is 4. The van der Waals surface area contributed by atoms with Gasteiger partial charge in [0.2, 0.25) is 5.16 Å². The number of esters is 1. The van der Waals surface area contributed by atoms with Gasteiger partial charge in [0.1, 0.15) is 6.54 Å². The summed E-state index contributed by atoms with van der Waals surface area (Å²) in [5.74, 6) is -0.362. The van der Waals surface area contributed by atoms with Crippen molar-refractivity contribution in [3.05, 3.63) is 0 Å². The molecule has 1 saturated heterocycles. The van der Waals surface area contributed by atoms with Gasteiger partial charge in [0, 0.05) is 11.9 Å². The Morgan fingerprint density at radius 2 is 2.59 bits per heavy atom. The highest BCUT2D eigenvalue weighted by molar-refractivity contribution is 7.99. The molecular formula is C9H14N4O3S. The summed E-state index contributed by atoms with van der Waals surface area (Å²) in [5, 5.41) is 12.2. The van der Waals surface area contributed by atoms with Crippen LogP contribution in [0.15, 0.2) is 5.16 Å². The van der Waals surface area contributed by atoms with E-state index in [0.29, 0.717) is 17.0 Å². The van der Waals surface area contributed by atoms with Crippen LogP contribution in [0.25, 0.3) is 0 Å². The molecule has 1 aliphatic heterocycles. The molecule has 0 amide bonds. The molecule has 0 aliphatic carbocycles. The molecule has 1 aromatic heterocycles. The minimum absolute atomic E-state index is 0.0411. The average Bonchev–Trinajstić information content (AvgIpc) is 2.78. The minimum Gasteiger partial charge on any atom is -0.468 e. The smallest absolute Gasteiger partial charge is 0.327 e. The van der Waals surface area contributed by atoms with Crippen LogP contribution in [-0.4, -0.2) is 51.8 Å². The van der Waals surface area contributed by atoms with E-state index >= 15 is 0 Å².